The number of hydrogen-bond donors (Lipinski definition) is 1. The number of methoxy groups -OCH3 is 2. The summed E-state index contributed by atoms with van der Waals surface area (Å²) in [5.74, 6) is 1.57. The molecule has 0 fully saturated rings. The van der Waals surface area contributed by atoms with Gasteiger partial charge in [0, 0.05) is 17.8 Å². The molecule has 0 aliphatic heterocycles. The summed E-state index contributed by atoms with van der Waals surface area (Å²) in [4.78, 5) is 12.7. The molecule has 0 saturated heterocycles. The van der Waals surface area contributed by atoms with E-state index in [-0.39, 0.29) is 12.0 Å². The molecule has 0 heterocycles. The number of rotatable bonds is 6. The van der Waals surface area contributed by atoms with E-state index in [1.54, 1.807) is 38.5 Å². The van der Waals surface area contributed by atoms with Crippen molar-refractivity contribution in [1.29, 1.82) is 0 Å². The molecule has 0 radical (unpaired) electrons. The predicted octanol–water partition coefficient (Wildman–Crippen LogP) is 4.05. The highest BCUT2D eigenvalue weighted by Crippen LogP contribution is 2.28. The lowest BCUT2D eigenvalue weighted by Crippen LogP contribution is -2.16. The minimum atomic E-state index is -0.246. The van der Waals surface area contributed by atoms with Crippen molar-refractivity contribution in [1.82, 2.24) is 0 Å². The molecule has 0 aliphatic rings. The van der Waals surface area contributed by atoms with Gasteiger partial charge in [-0.2, -0.15) is 0 Å². The Balaban J connectivity index is 2.32. The first-order valence-electron chi connectivity index (χ1n) is 7.75. The van der Waals surface area contributed by atoms with Gasteiger partial charge in [-0.05, 0) is 44.5 Å². The maximum Gasteiger partial charge on any atom is 0.259 e. The minimum Gasteiger partial charge on any atom is -0.497 e. The monoisotopic (exact) mass is 329 g/mol. The van der Waals surface area contributed by atoms with Gasteiger partial charge in [0.05, 0.1) is 25.9 Å². The van der Waals surface area contributed by atoms with Gasteiger partial charge in [0.25, 0.3) is 5.91 Å². The fourth-order valence-electron chi connectivity index (χ4n) is 2.22. The third kappa shape index (κ3) is 4.19. The summed E-state index contributed by atoms with van der Waals surface area (Å²) in [6.07, 6.45) is -0.0535. The molecule has 0 aliphatic carbocycles. The van der Waals surface area contributed by atoms with Gasteiger partial charge in [-0.1, -0.05) is 6.07 Å². The zero-order valence-electron chi connectivity index (χ0n) is 14.7. The van der Waals surface area contributed by atoms with Crippen LogP contribution in [0.3, 0.4) is 0 Å². The number of nitrogens with one attached hydrogen (secondary N) is 1. The van der Waals surface area contributed by atoms with E-state index in [9.17, 15) is 4.79 Å². The summed E-state index contributed by atoms with van der Waals surface area (Å²) >= 11 is 0. The maximum atomic E-state index is 12.7. The number of aryl methyl sites for hydroxylation is 1. The van der Waals surface area contributed by atoms with Crippen LogP contribution in [0.15, 0.2) is 36.4 Å². The summed E-state index contributed by atoms with van der Waals surface area (Å²) < 4.78 is 16.2. The second-order valence-electron chi connectivity index (χ2n) is 5.66. The van der Waals surface area contributed by atoms with Crippen LogP contribution in [-0.4, -0.2) is 26.2 Å². The Morgan fingerprint density at radius 3 is 2.25 bits per heavy atom. The second-order valence-corrected chi connectivity index (χ2v) is 5.66. The van der Waals surface area contributed by atoms with Crippen LogP contribution >= 0.6 is 0 Å². The summed E-state index contributed by atoms with van der Waals surface area (Å²) in [6.45, 7) is 5.75. The Bertz CT molecular complexity index is 725. The molecule has 1 amide bonds. The van der Waals surface area contributed by atoms with Crippen LogP contribution in [0.2, 0.25) is 0 Å². The van der Waals surface area contributed by atoms with Crippen molar-refractivity contribution in [3.63, 3.8) is 0 Å². The summed E-state index contributed by atoms with van der Waals surface area (Å²) in [7, 11) is 3.17. The van der Waals surface area contributed by atoms with E-state index < -0.39 is 0 Å². The zero-order valence-corrected chi connectivity index (χ0v) is 14.7. The molecule has 0 atom stereocenters. The van der Waals surface area contributed by atoms with Crippen molar-refractivity contribution in [3.05, 3.63) is 47.5 Å². The quantitative estimate of drug-likeness (QED) is 0.868. The lowest BCUT2D eigenvalue weighted by Gasteiger charge is -2.16. The number of hydrogen-bond acceptors (Lipinski definition) is 4. The van der Waals surface area contributed by atoms with E-state index in [1.807, 2.05) is 32.9 Å². The number of amides is 1. The van der Waals surface area contributed by atoms with Crippen molar-refractivity contribution in [3.8, 4) is 17.2 Å². The van der Waals surface area contributed by atoms with Gasteiger partial charge in [0.15, 0.2) is 0 Å². The molecule has 5 nitrogen and oxygen atoms in total. The van der Waals surface area contributed by atoms with Crippen LogP contribution in [-0.2, 0) is 0 Å². The fourth-order valence-corrected chi connectivity index (χ4v) is 2.22. The summed E-state index contributed by atoms with van der Waals surface area (Å²) in [5, 5.41) is 2.91. The third-order valence-electron chi connectivity index (χ3n) is 3.49. The highest BCUT2D eigenvalue weighted by Gasteiger charge is 2.16. The Labute approximate surface area is 142 Å². The fraction of sp³-hybridized carbons (Fsp3) is 0.316. The lowest BCUT2D eigenvalue weighted by molar-refractivity contribution is 0.102. The van der Waals surface area contributed by atoms with Crippen LogP contribution in [0, 0.1) is 6.92 Å². The van der Waals surface area contributed by atoms with E-state index in [1.165, 1.54) is 0 Å². The molecule has 0 spiro atoms. The largest absolute Gasteiger partial charge is 0.497 e. The molecule has 2 aromatic rings. The molecule has 24 heavy (non-hydrogen) atoms. The van der Waals surface area contributed by atoms with E-state index in [0.29, 0.717) is 28.5 Å². The van der Waals surface area contributed by atoms with Crippen molar-refractivity contribution in [2.45, 2.75) is 26.9 Å². The maximum absolute atomic E-state index is 12.7. The molecule has 5 heteroatoms. The third-order valence-corrected chi connectivity index (χ3v) is 3.49. The van der Waals surface area contributed by atoms with Crippen molar-refractivity contribution < 1.29 is 19.0 Å². The number of ether oxygens (including phenoxy) is 3. The van der Waals surface area contributed by atoms with Gasteiger partial charge in [0.2, 0.25) is 0 Å². The first-order valence-corrected chi connectivity index (χ1v) is 7.75. The van der Waals surface area contributed by atoms with Gasteiger partial charge >= 0.3 is 0 Å². The molecule has 1 N–H and O–H groups in total. The van der Waals surface area contributed by atoms with E-state index in [4.69, 9.17) is 14.2 Å². The van der Waals surface area contributed by atoms with Gasteiger partial charge < -0.3 is 19.5 Å². The van der Waals surface area contributed by atoms with Crippen LogP contribution in [0.1, 0.15) is 29.8 Å². The van der Waals surface area contributed by atoms with Gasteiger partial charge in [-0.25, -0.2) is 0 Å². The molecule has 0 unspecified atom stereocenters. The van der Waals surface area contributed by atoms with Crippen molar-refractivity contribution in [2.24, 2.45) is 0 Å². The Hall–Kier alpha value is -2.69. The van der Waals surface area contributed by atoms with Crippen LogP contribution in [0.5, 0.6) is 17.2 Å². The lowest BCUT2D eigenvalue weighted by atomic mass is 10.1. The van der Waals surface area contributed by atoms with E-state index in [0.717, 1.165) is 5.56 Å². The SMILES string of the molecule is COc1ccc(C)c(NC(=O)c2ccc(OC)cc2OC(C)C)c1. The molecule has 128 valence electrons. The molecule has 0 aromatic heterocycles. The molecular weight excluding hydrogens is 306 g/mol. The molecular formula is C19H23NO4. The number of carbonyl (C=O) groups is 1. The average molecular weight is 329 g/mol. The Morgan fingerprint density at radius 1 is 1.00 bits per heavy atom. The average Bonchev–Trinajstić information content (AvgIpc) is 2.56. The molecule has 0 bridgehead atoms. The van der Waals surface area contributed by atoms with E-state index in [2.05, 4.69) is 5.32 Å². The molecule has 2 rings (SSSR count). The van der Waals surface area contributed by atoms with Crippen LogP contribution in [0.25, 0.3) is 0 Å². The van der Waals surface area contributed by atoms with Crippen molar-refractivity contribution in [2.75, 3.05) is 19.5 Å². The van der Waals surface area contributed by atoms with Crippen LogP contribution < -0.4 is 19.5 Å². The highest BCUT2D eigenvalue weighted by atomic mass is 16.5. The zero-order chi connectivity index (χ0) is 17.7. The van der Waals surface area contributed by atoms with Gasteiger partial charge in [0.1, 0.15) is 17.2 Å². The second kappa shape index (κ2) is 7.73. The molecule has 0 saturated carbocycles. The Morgan fingerprint density at radius 2 is 1.62 bits per heavy atom. The van der Waals surface area contributed by atoms with Gasteiger partial charge in [-0.3, -0.25) is 4.79 Å². The number of carbonyl (C=O) groups excluding carboxylic acids is 1. The first kappa shape index (κ1) is 17.7. The predicted molar refractivity (Wildman–Crippen MR) is 94.4 cm³/mol. The van der Waals surface area contributed by atoms with E-state index >= 15 is 0 Å². The van der Waals surface area contributed by atoms with Gasteiger partial charge in [-0.15, -0.1) is 0 Å². The summed E-state index contributed by atoms with van der Waals surface area (Å²) in [5.41, 5.74) is 2.10. The number of benzene rings is 2. The normalized spacial score (nSPS) is 10.4. The number of anilines is 1. The minimum absolute atomic E-state index is 0.0535. The summed E-state index contributed by atoms with van der Waals surface area (Å²) in [6, 6.07) is 10.7. The Kier molecular flexibility index (Phi) is 5.68. The standard InChI is InChI=1S/C19H23NO4/c1-12(2)24-18-11-15(23-5)8-9-16(18)19(21)20-17-10-14(22-4)7-6-13(17)3/h6-12H,1-5H3,(H,20,21). The van der Waals surface area contributed by atoms with Crippen LogP contribution in [0.4, 0.5) is 5.69 Å². The first-order chi connectivity index (χ1) is 11.4. The topological polar surface area (TPSA) is 56.8 Å². The highest BCUT2D eigenvalue weighted by molar-refractivity contribution is 6.06. The van der Waals surface area contributed by atoms with Crippen molar-refractivity contribution >= 4 is 11.6 Å². The smallest absolute Gasteiger partial charge is 0.259 e. The molecule has 2 aromatic carbocycles.